The van der Waals surface area contributed by atoms with Crippen LogP contribution in [-0.4, -0.2) is 16.1 Å². The van der Waals surface area contributed by atoms with E-state index in [0.29, 0.717) is 16.4 Å². The molecule has 21 heavy (non-hydrogen) atoms. The molecule has 1 amide bonds. The lowest BCUT2D eigenvalue weighted by Crippen LogP contribution is -2.12. The van der Waals surface area contributed by atoms with Crippen LogP contribution in [0.5, 0.6) is 0 Å². The molecule has 4 nitrogen and oxygen atoms in total. The highest BCUT2D eigenvalue weighted by Gasteiger charge is 2.13. The van der Waals surface area contributed by atoms with Gasteiger partial charge in [-0.15, -0.1) is 11.3 Å². The van der Waals surface area contributed by atoms with Gasteiger partial charge in [-0.2, -0.15) is 5.10 Å². The van der Waals surface area contributed by atoms with Gasteiger partial charge in [-0.3, -0.25) is 9.89 Å². The van der Waals surface area contributed by atoms with Crippen LogP contribution >= 0.6 is 22.9 Å². The highest BCUT2D eigenvalue weighted by Crippen LogP contribution is 2.25. The molecule has 3 aromatic rings. The summed E-state index contributed by atoms with van der Waals surface area (Å²) in [4.78, 5) is 13.2. The molecule has 2 N–H and O–H groups in total. The predicted molar refractivity (Wildman–Crippen MR) is 86.0 cm³/mol. The van der Waals surface area contributed by atoms with Gasteiger partial charge in [0.25, 0.3) is 5.91 Å². The van der Waals surface area contributed by atoms with Crippen LogP contribution in [0, 0.1) is 6.92 Å². The van der Waals surface area contributed by atoms with Crippen molar-refractivity contribution in [3.05, 3.63) is 58.1 Å². The molecule has 3 rings (SSSR count). The summed E-state index contributed by atoms with van der Waals surface area (Å²) in [5, 5.41) is 12.2. The van der Waals surface area contributed by atoms with Gasteiger partial charge in [-0.1, -0.05) is 23.7 Å². The van der Waals surface area contributed by atoms with Crippen molar-refractivity contribution in [3.63, 3.8) is 0 Å². The van der Waals surface area contributed by atoms with E-state index in [1.807, 2.05) is 30.5 Å². The molecular formula is C15H12ClN3OS. The molecule has 0 aliphatic heterocycles. The number of aromatic amines is 1. The minimum Gasteiger partial charge on any atom is -0.319 e. The van der Waals surface area contributed by atoms with E-state index < -0.39 is 0 Å². The standard InChI is InChI=1S/C15H12ClN3OS/c1-9-4-5-11(10(16)7-9)17-15(20)13-8-12(18-19-13)14-3-2-6-21-14/h2-8H,1H3,(H,17,20)(H,18,19). The largest absolute Gasteiger partial charge is 0.319 e. The minimum atomic E-state index is -0.292. The molecule has 0 aliphatic carbocycles. The van der Waals surface area contributed by atoms with Crippen molar-refractivity contribution in [2.24, 2.45) is 0 Å². The number of H-pyrrole nitrogens is 1. The Morgan fingerprint density at radius 3 is 2.90 bits per heavy atom. The molecule has 0 aliphatic rings. The molecule has 0 unspecified atom stereocenters. The molecular weight excluding hydrogens is 306 g/mol. The van der Waals surface area contributed by atoms with Crippen LogP contribution in [0.15, 0.2) is 41.8 Å². The molecule has 1 aromatic carbocycles. The number of hydrogen-bond acceptors (Lipinski definition) is 3. The maximum atomic E-state index is 12.2. The summed E-state index contributed by atoms with van der Waals surface area (Å²) >= 11 is 7.69. The Morgan fingerprint density at radius 1 is 1.33 bits per heavy atom. The first kappa shape index (κ1) is 13.9. The van der Waals surface area contributed by atoms with Crippen LogP contribution in [-0.2, 0) is 0 Å². The molecule has 6 heteroatoms. The van der Waals surface area contributed by atoms with Gasteiger partial charge in [0, 0.05) is 0 Å². The fraction of sp³-hybridized carbons (Fsp3) is 0.0667. The number of halogens is 1. The summed E-state index contributed by atoms with van der Waals surface area (Å²) in [6.07, 6.45) is 0. The Hall–Kier alpha value is -2.11. The van der Waals surface area contributed by atoms with Crippen LogP contribution in [0.1, 0.15) is 16.1 Å². The zero-order chi connectivity index (χ0) is 14.8. The molecule has 0 saturated carbocycles. The lowest BCUT2D eigenvalue weighted by atomic mass is 10.2. The third-order valence-electron chi connectivity index (χ3n) is 2.97. The van der Waals surface area contributed by atoms with Gasteiger partial charge in [0.05, 0.1) is 21.3 Å². The number of aromatic nitrogens is 2. The monoisotopic (exact) mass is 317 g/mol. The second kappa shape index (κ2) is 5.71. The van der Waals surface area contributed by atoms with Crippen LogP contribution in [0.25, 0.3) is 10.6 Å². The SMILES string of the molecule is Cc1ccc(NC(=O)c2cc(-c3cccs3)[nH]n2)c(Cl)c1. The summed E-state index contributed by atoms with van der Waals surface area (Å²) in [5.41, 5.74) is 2.77. The Bertz CT molecular complexity index is 780. The number of amides is 1. The van der Waals surface area contributed by atoms with E-state index in [0.717, 1.165) is 16.1 Å². The molecule has 0 fully saturated rings. The maximum Gasteiger partial charge on any atom is 0.276 e. The highest BCUT2D eigenvalue weighted by molar-refractivity contribution is 7.13. The second-order valence-corrected chi connectivity index (χ2v) is 5.94. The molecule has 0 bridgehead atoms. The van der Waals surface area contributed by atoms with Crippen molar-refractivity contribution >= 4 is 34.5 Å². The van der Waals surface area contributed by atoms with Gasteiger partial charge in [0.1, 0.15) is 0 Å². The lowest BCUT2D eigenvalue weighted by molar-refractivity contribution is 0.102. The number of carbonyl (C=O) groups excluding carboxylic acids is 1. The van der Waals surface area contributed by atoms with Crippen molar-refractivity contribution in [1.29, 1.82) is 0 Å². The van der Waals surface area contributed by atoms with E-state index in [9.17, 15) is 4.79 Å². The van der Waals surface area contributed by atoms with Crippen molar-refractivity contribution in [2.45, 2.75) is 6.92 Å². The van der Waals surface area contributed by atoms with Crippen molar-refractivity contribution in [2.75, 3.05) is 5.32 Å². The quantitative estimate of drug-likeness (QED) is 0.754. The highest BCUT2D eigenvalue weighted by atomic mass is 35.5. The van der Waals surface area contributed by atoms with E-state index in [1.165, 1.54) is 0 Å². The first-order valence-electron chi connectivity index (χ1n) is 6.30. The third-order valence-corrected chi connectivity index (χ3v) is 4.19. The summed E-state index contributed by atoms with van der Waals surface area (Å²) < 4.78 is 0. The Morgan fingerprint density at radius 2 is 2.19 bits per heavy atom. The van der Waals surface area contributed by atoms with Crippen LogP contribution in [0.4, 0.5) is 5.69 Å². The molecule has 2 heterocycles. The smallest absolute Gasteiger partial charge is 0.276 e. The van der Waals surface area contributed by atoms with Gasteiger partial charge in [0.2, 0.25) is 0 Å². The van der Waals surface area contributed by atoms with Crippen molar-refractivity contribution in [1.82, 2.24) is 10.2 Å². The van der Waals surface area contributed by atoms with Gasteiger partial charge < -0.3 is 5.32 Å². The van der Waals surface area contributed by atoms with Crippen LogP contribution in [0.3, 0.4) is 0 Å². The second-order valence-electron chi connectivity index (χ2n) is 4.58. The number of hydrogen-bond donors (Lipinski definition) is 2. The first-order valence-corrected chi connectivity index (χ1v) is 7.56. The molecule has 0 spiro atoms. The molecule has 0 saturated heterocycles. The number of carbonyl (C=O) groups is 1. The van der Waals surface area contributed by atoms with E-state index >= 15 is 0 Å². The number of thiophene rings is 1. The van der Waals surface area contributed by atoms with Gasteiger partial charge in [-0.05, 0) is 42.1 Å². The van der Waals surface area contributed by atoms with Crippen LogP contribution < -0.4 is 5.32 Å². The molecule has 2 aromatic heterocycles. The Kier molecular flexibility index (Phi) is 3.77. The molecule has 0 atom stereocenters. The topological polar surface area (TPSA) is 57.8 Å². The summed E-state index contributed by atoms with van der Waals surface area (Å²) in [6, 6.07) is 11.1. The molecule has 106 valence electrons. The number of nitrogens with one attached hydrogen (secondary N) is 2. The minimum absolute atomic E-state index is 0.292. The van der Waals surface area contributed by atoms with Crippen molar-refractivity contribution < 1.29 is 4.79 Å². The Balaban J connectivity index is 1.79. The van der Waals surface area contributed by atoms with E-state index in [4.69, 9.17) is 11.6 Å². The number of rotatable bonds is 3. The fourth-order valence-electron chi connectivity index (χ4n) is 1.90. The van der Waals surface area contributed by atoms with Crippen LogP contribution in [0.2, 0.25) is 5.02 Å². The Labute approximate surface area is 130 Å². The zero-order valence-corrected chi connectivity index (χ0v) is 12.8. The van der Waals surface area contributed by atoms with E-state index in [2.05, 4.69) is 15.5 Å². The maximum absolute atomic E-state index is 12.2. The summed E-state index contributed by atoms with van der Waals surface area (Å²) in [7, 11) is 0. The number of benzene rings is 1. The number of aryl methyl sites for hydroxylation is 1. The average molecular weight is 318 g/mol. The molecule has 0 radical (unpaired) electrons. The lowest BCUT2D eigenvalue weighted by Gasteiger charge is -2.06. The number of nitrogens with zero attached hydrogens (tertiary/aromatic N) is 1. The third kappa shape index (κ3) is 2.99. The summed E-state index contributed by atoms with van der Waals surface area (Å²) in [5.74, 6) is -0.292. The fourth-order valence-corrected chi connectivity index (χ4v) is 2.88. The average Bonchev–Trinajstić information content (AvgIpc) is 3.10. The first-order chi connectivity index (χ1) is 10.1. The van der Waals surface area contributed by atoms with Gasteiger partial charge in [-0.25, -0.2) is 0 Å². The van der Waals surface area contributed by atoms with Gasteiger partial charge >= 0.3 is 0 Å². The van der Waals surface area contributed by atoms with Crippen molar-refractivity contribution in [3.8, 4) is 10.6 Å². The van der Waals surface area contributed by atoms with Gasteiger partial charge in [0.15, 0.2) is 5.69 Å². The zero-order valence-electron chi connectivity index (χ0n) is 11.2. The normalized spacial score (nSPS) is 10.6. The van der Waals surface area contributed by atoms with E-state index in [1.54, 1.807) is 29.5 Å². The summed E-state index contributed by atoms with van der Waals surface area (Å²) in [6.45, 7) is 1.94. The van der Waals surface area contributed by atoms with E-state index in [-0.39, 0.29) is 5.91 Å². The predicted octanol–water partition coefficient (Wildman–Crippen LogP) is 4.35. The number of anilines is 1.